The second kappa shape index (κ2) is 8.25. The van der Waals surface area contributed by atoms with Gasteiger partial charge in [-0.1, -0.05) is 20.3 Å². The Morgan fingerprint density at radius 1 is 1.38 bits per heavy atom. The molecule has 1 aromatic carbocycles. The Balaban J connectivity index is 0.00000220. The number of benzene rings is 1. The van der Waals surface area contributed by atoms with Crippen LogP contribution in [-0.4, -0.2) is 18.6 Å². The Morgan fingerprint density at radius 3 is 2.52 bits per heavy atom. The molecule has 1 aliphatic carbocycles. The van der Waals surface area contributed by atoms with E-state index in [1.165, 1.54) is 12.8 Å². The zero-order valence-electron chi connectivity index (χ0n) is 12.7. The van der Waals surface area contributed by atoms with Gasteiger partial charge in [0.1, 0.15) is 5.75 Å². The molecule has 2 unspecified atom stereocenters. The molecule has 0 aliphatic heterocycles. The highest BCUT2D eigenvalue weighted by molar-refractivity contribution is 5.94. The van der Waals surface area contributed by atoms with Crippen molar-refractivity contribution in [3.05, 3.63) is 24.3 Å². The second-order valence-electron chi connectivity index (χ2n) is 5.68. The topological polar surface area (TPSA) is 64.4 Å². The number of amides is 1. The molecule has 0 aromatic heterocycles. The van der Waals surface area contributed by atoms with Crippen molar-refractivity contribution in [2.45, 2.75) is 39.2 Å². The number of carbonyl (C=O) groups excluding carboxylic acids is 1. The first-order chi connectivity index (χ1) is 9.60. The molecular weight excluding hydrogens is 288 g/mol. The molecule has 2 atom stereocenters. The van der Waals surface area contributed by atoms with Crippen LogP contribution in [0.2, 0.25) is 0 Å². The molecule has 0 bridgehead atoms. The number of nitrogens with two attached hydrogens (primary N) is 1. The third-order valence-electron chi connectivity index (χ3n) is 3.86. The summed E-state index contributed by atoms with van der Waals surface area (Å²) in [6, 6.07) is 7.00. The highest BCUT2D eigenvalue weighted by Crippen LogP contribution is 2.29. The summed E-state index contributed by atoms with van der Waals surface area (Å²) in [5, 5.41) is 2.84. The third-order valence-corrected chi connectivity index (χ3v) is 3.86. The average molecular weight is 313 g/mol. The summed E-state index contributed by atoms with van der Waals surface area (Å²) in [7, 11) is 0. The monoisotopic (exact) mass is 312 g/mol. The minimum absolute atomic E-state index is 0. The standard InChI is InChI=1S/C16H24N2O2.ClH/c1-3-11(2)15(17)16(19)18-13-6-8-14(9-7-13)20-10-12-4-5-12;/h6-9,11-12,15H,3-5,10,17H2,1-2H3,(H,18,19);1H. The van der Waals surface area contributed by atoms with Gasteiger partial charge >= 0.3 is 0 Å². The molecule has 1 saturated carbocycles. The van der Waals surface area contributed by atoms with E-state index in [9.17, 15) is 4.79 Å². The van der Waals surface area contributed by atoms with Crippen LogP contribution in [0.4, 0.5) is 5.69 Å². The van der Waals surface area contributed by atoms with E-state index in [2.05, 4.69) is 5.32 Å². The molecular formula is C16H25ClN2O2. The van der Waals surface area contributed by atoms with E-state index in [0.29, 0.717) is 0 Å². The number of carbonyl (C=O) groups is 1. The van der Waals surface area contributed by atoms with Gasteiger partial charge in [-0.25, -0.2) is 0 Å². The maximum absolute atomic E-state index is 12.0. The van der Waals surface area contributed by atoms with Gasteiger partial charge in [0, 0.05) is 5.69 Å². The Bertz CT molecular complexity index is 446. The van der Waals surface area contributed by atoms with E-state index < -0.39 is 6.04 Å². The van der Waals surface area contributed by atoms with Crippen LogP contribution in [0.3, 0.4) is 0 Å². The van der Waals surface area contributed by atoms with Crippen LogP contribution < -0.4 is 15.8 Å². The van der Waals surface area contributed by atoms with E-state index in [1.54, 1.807) is 0 Å². The van der Waals surface area contributed by atoms with E-state index in [1.807, 2.05) is 38.1 Å². The van der Waals surface area contributed by atoms with Crippen molar-refractivity contribution in [3.8, 4) is 5.75 Å². The fourth-order valence-corrected chi connectivity index (χ4v) is 1.87. The van der Waals surface area contributed by atoms with Gasteiger partial charge in [-0.3, -0.25) is 4.79 Å². The Hall–Kier alpha value is -1.26. The number of hydrogen-bond donors (Lipinski definition) is 2. The van der Waals surface area contributed by atoms with Crippen molar-refractivity contribution in [3.63, 3.8) is 0 Å². The lowest BCUT2D eigenvalue weighted by Gasteiger charge is -2.17. The predicted octanol–water partition coefficient (Wildman–Crippen LogP) is 3.21. The molecule has 4 nitrogen and oxygen atoms in total. The van der Waals surface area contributed by atoms with Gasteiger partial charge in [0.25, 0.3) is 0 Å². The molecule has 1 aromatic rings. The van der Waals surface area contributed by atoms with Gasteiger partial charge < -0.3 is 15.8 Å². The van der Waals surface area contributed by atoms with Gasteiger partial charge in [0.15, 0.2) is 0 Å². The summed E-state index contributed by atoms with van der Waals surface area (Å²) in [4.78, 5) is 12.0. The van der Waals surface area contributed by atoms with Crippen LogP contribution in [0.25, 0.3) is 0 Å². The number of nitrogens with one attached hydrogen (secondary N) is 1. The predicted molar refractivity (Wildman–Crippen MR) is 88.0 cm³/mol. The molecule has 0 radical (unpaired) electrons. The Morgan fingerprint density at radius 2 is 2.00 bits per heavy atom. The highest BCUT2D eigenvalue weighted by Gasteiger charge is 2.22. The number of ether oxygens (including phenoxy) is 1. The number of hydrogen-bond acceptors (Lipinski definition) is 3. The number of halogens is 1. The lowest BCUT2D eigenvalue weighted by Crippen LogP contribution is -2.40. The number of rotatable bonds is 7. The molecule has 5 heteroatoms. The van der Waals surface area contributed by atoms with E-state index >= 15 is 0 Å². The van der Waals surface area contributed by atoms with Gasteiger partial charge in [-0.2, -0.15) is 0 Å². The van der Waals surface area contributed by atoms with Crippen molar-refractivity contribution >= 4 is 24.0 Å². The molecule has 21 heavy (non-hydrogen) atoms. The van der Waals surface area contributed by atoms with E-state index in [0.717, 1.165) is 30.4 Å². The minimum Gasteiger partial charge on any atom is -0.493 e. The molecule has 118 valence electrons. The summed E-state index contributed by atoms with van der Waals surface area (Å²) in [6.45, 7) is 4.81. The number of anilines is 1. The maximum atomic E-state index is 12.0. The zero-order valence-corrected chi connectivity index (χ0v) is 13.5. The first-order valence-corrected chi connectivity index (χ1v) is 7.39. The van der Waals surface area contributed by atoms with Gasteiger partial charge in [0.2, 0.25) is 5.91 Å². The van der Waals surface area contributed by atoms with Gasteiger partial charge in [0.05, 0.1) is 12.6 Å². The van der Waals surface area contributed by atoms with Gasteiger partial charge in [-0.15, -0.1) is 12.4 Å². The zero-order chi connectivity index (χ0) is 14.5. The smallest absolute Gasteiger partial charge is 0.241 e. The lowest BCUT2D eigenvalue weighted by molar-refractivity contribution is -0.118. The summed E-state index contributed by atoms with van der Waals surface area (Å²) < 4.78 is 5.66. The van der Waals surface area contributed by atoms with Crippen LogP contribution in [0.5, 0.6) is 5.75 Å². The third kappa shape index (κ3) is 5.56. The van der Waals surface area contributed by atoms with Crippen LogP contribution in [0.15, 0.2) is 24.3 Å². The van der Waals surface area contributed by atoms with E-state index in [-0.39, 0.29) is 24.2 Å². The van der Waals surface area contributed by atoms with Crippen LogP contribution in [0, 0.1) is 11.8 Å². The molecule has 0 heterocycles. The van der Waals surface area contributed by atoms with E-state index in [4.69, 9.17) is 10.5 Å². The Labute approximate surface area is 132 Å². The maximum Gasteiger partial charge on any atom is 0.241 e. The molecule has 0 saturated heterocycles. The normalized spacial score (nSPS) is 16.5. The van der Waals surface area contributed by atoms with Crippen molar-refractivity contribution in [2.24, 2.45) is 17.6 Å². The average Bonchev–Trinajstić information content (AvgIpc) is 3.29. The molecule has 1 aliphatic rings. The van der Waals surface area contributed by atoms with Crippen LogP contribution in [0.1, 0.15) is 33.1 Å². The van der Waals surface area contributed by atoms with Gasteiger partial charge in [-0.05, 0) is 48.9 Å². The fourth-order valence-electron chi connectivity index (χ4n) is 1.87. The summed E-state index contributed by atoms with van der Waals surface area (Å²) >= 11 is 0. The summed E-state index contributed by atoms with van der Waals surface area (Å²) in [5.41, 5.74) is 6.66. The van der Waals surface area contributed by atoms with Crippen LogP contribution >= 0.6 is 12.4 Å². The quantitative estimate of drug-likeness (QED) is 0.812. The largest absolute Gasteiger partial charge is 0.493 e. The molecule has 1 amide bonds. The first-order valence-electron chi connectivity index (χ1n) is 7.39. The first kappa shape index (κ1) is 17.8. The SMILES string of the molecule is CCC(C)C(N)C(=O)Nc1ccc(OCC2CC2)cc1.Cl. The molecule has 3 N–H and O–H groups in total. The highest BCUT2D eigenvalue weighted by atomic mass is 35.5. The summed E-state index contributed by atoms with van der Waals surface area (Å²) in [5.74, 6) is 1.63. The van der Waals surface area contributed by atoms with Crippen molar-refractivity contribution in [1.29, 1.82) is 0 Å². The van der Waals surface area contributed by atoms with Crippen LogP contribution in [-0.2, 0) is 4.79 Å². The van der Waals surface area contributed by atoms with Crippen molar-refractivity contribution in [1.82, 2.24) is 0 Å². The molecule has 2 rings (SSSR count). The Kier molecular flexibility index (Phi) is 6.99. The molecule has 1 fully saturated rings. The minimum atomic E-state index is -0.467. The lowest BCUT2D eigenvalue weighted by atomic mass is 9.99. The summed E-state index contributed by atoms with van der Waals surface area (Å²) in [6.07, 6.45) is 3.45. The second-order valence-corrected chi connectivity index (χ2v) is 5.68. The molecule has 0 spiro atoms. The van der Waals surface area contributed by atoms with Crippen molar-refractivity contribution < 1.29 is 9.53 Å². The van der Waals surface area contributed by atoms with Crippen molar-refractivity contribution in [2.75, 3.05) is 11.9 Å². The fraction of sp³-hybridized carbons (Fsp3) is 0.562.